The molecule has 0 fully saturated rings. The standard InChI is InChI=1S/C18H19N3/c1-12(2)18-20-16(11-17(19-3)21-18)15-9-8-13-6-4-5-7-14(13)10-15/h4-12H,1-3H3,(H,19,20,21). The van der Waals surface area contributed by atoms with Crippen LogP contribution in [0.25, 0.3) is 22.0 Å². The number of rotatable bonds is 3. The van der Waals surface area contributed by atoms with Gasteiger partial charge >= 0.3 is 0 Å². The van der Waals surface area contributed by atoms with Crippen LogP contribution in [0.2, 0.25) is 0 Å². The van der Waals surface area contributed by atoms with E-state index in [2.05, 4.69) is 66.6 Å². The minimum atomic E-state index is 0.303. The van der Waals surface area contributed by atoms with Crippen molar-refractivity contribution in [1.82, 2.24) is 9.97 Å². The van der Waals surface area contributed by atoms with Gasteiger partial charge < -0.3 is 5.32 Å². The molecule has 3 rings (SSSR count). The number of hydrogen-bond acceptors (Lipinski definition) is 3. The van der Waals surface area contributed by atoms with Crippen LogP contribution >= 0.6 is 0 Å². The second kappa shape index (κ2) is 5.52. The number of benzene rings is 2. The molecule has 3 nitrogen and oxygen atoms in total. The molecule has 0 saturated carbocycles. The van der Waals surface area contributed by atoms with E-state index in [4.69, 9.17) is 4.98 Å². The Morgan fingerprint density at radius 2 is 1.67 bits per heavy atom. The molecule has 0 aliphatic heterocycles. The van der Waals surface area contributed by atoms with Gasteiger partial charge in [0.25, 0.3) is 0 Å². The second-order valence-corrected chi connectivity index (χ2v) is 5.46. The highest BCUT2D eigenvalue weighted by molar-refractivity contribution is 5.86. The Morgan fingerprint density at radius 1 is 0.905 bits per heavy atom. The van der Waals surface area contributed by atoms with Crippen LogP contribution in [0.3, 0.4) is 0 Å². The molecule has 0 unspecified atom stereocenters. The average molecular weight is 277 g/mol. The van der Waals surface area contributed by atoms with Crippen molar-refractivity contribution in [2.24, 2.45) is 0 Å². The van der Waals surface area contributed by atoms with Gasteiger partial charge in [0.1, 0.15) is 11.6 Å². The topological polar surface area (TPSA) is 37.8 Å². The van der Waals surface area contributed by atoms with Crippen LogP contribution in [0.1, 0.15) is 25.6 Å². The largest absolute Gasteiger partial charge is 0.373 e. The lowest BCUT2D eigenvalue weighted by atomic mass is 10.0. The second-order valence-electron chi connectivity index (χ2n) is 5.46. The predicted octanol–water partition coefficient (Wildman–Crippen LogP) is 4.46. The van der Waals surface area contributed by atoms with Gasteiger partial charge in [0.15, 0.2) is 0 Å². The third-order valence-corrected chi connectivity index (χ3v) is 3.56. The van der Waals surface area contributed by atoms with Crippen molar-refractivity contribution in [2.45, 2.75) is 19.8 Å². The first-order chi connectivity index (χ1) is 10.2. The van der Waals surface area contributed by atoms with Crippen LogP contribution in [0.15, 0.2) is 48.5 Å². The predicted molar refractivity (Wildman–Crippen MR) is 88.6 cm³/mol. The molecule has 21 heavy (non-hydrogen) atoms. The minimum absolute atomic E-state index is 0.303. The summed E-state index contributed by atoms with van der Waals surface area (Å²) in [5.74, 6) is 2.03. The highest BCUT2D eigenvalue weighted by Crippen LogP contribution is 2.25. The first kappa shape index (κ1) is 13.6. The van der Waals surface area contributed by atoms with E-state index >= 15 is 0 Å². The van der Waals surface area contributed by atoms with Gasteiger partial charge in [-0.2, -0.15) is 0 Å². The molecule has 0 saturated heterocycles. The van der Waals surface area contributed by atoms with Crippen molar-refractivity contribution in [3.05, 3.63) is 54.4 Å². The first-order valence-electron chi connectivity index (χ1n) is 7.23. The molecule has 0 aliphatic carbocycles. The zero-order valence-electron chi connectivity index (χ0n) is 12.6. The SMILES string of the molecule is CNc1cc(-c2ccc3ccccc3c2)nc(C(C)C)n1. The smallest absolute Gasteiger partial charge is 0.133 e. The average Bonchev–Trinajstić information content (AvgIpc) is 2.53. The fourth-order valence-electron chi connectivity index (χ4n) is 2.35. The maximum absolute atomic E-state index is 4.71. The molecule has 2 aromatic carbocycles. The molecule has 3 heteroatoms. The van der Waals surface area contributed by atoms with Gasteiger partial charge in [0.05, 0.1) is 5.69 Å². The van der Waals surface area contributed by atoms with E-state index in [1.54, 1.807) is 0 Å². The summed E-state index contributed by atoms with van der Waals surface area (Å²) in [5, 5.41) is 5.59. The van der Waals surface area contributed by atoms with Gasteiger partial charge in [-0.05, 0) is 16.8 Å². The molecule has 0 bridgehead atoms. The molecule has 0 atom stereocenters. The Bertz CT molecular complexity index is 778. The van der Waals surface area contributed by atoms with Gasteiger partial charge in [-0.25, -0.2) is 9.97 Å². The van der Waals surface area contributed by atoms with Gasteiger partial charge in [-0.3, -0.25) is 0 Å². The van der Waals surface area contributed by atoms with E-state index in [1.165, 1.54) is 10.8 Å². The van der Waals surface area contributed by atoms with Crippen LogP contribution in [0, 0.1) is 0 Å². The fourth-order valence-corrected chi connectivity index (χ4v) is 2.35. The quantitative estimate of drug-likeness (QED) is 0.768. The third-order valence-electron chi connectivity index (χ3n) is 3.56. The molecular weight excluding hydrogens is 258 g/mol. The van der Waals surface area contributed by atoms with Crippen LogP contribution in [0.4, 0.5) is 5.82 Å². The molecule has 1 heterocycles. The van der Waals surface area contributed by atoms with Crippen molar-refractivity contribution in [3.8, 4) is 11.3 Å². The third kappa shape index (κ3) is 2.72. The molecular formula is C18H19N3. The van der Waals surface area contributed by atoms with E-state index in [-0.39, 0.29) is 0 Å². The van der Waals surface area contributed by atoms with Gasteiger partial charge in [0, 0.05) is 24.6 Å². The van der Waals surface area contributed by atoms with E-state index in [1.807, 2.05) is 13.1 Å². The summed E-state index contributed by atoms with van der Waals surface area (Å²) in [5.41, 5.74) is 2.08. The molecule has 106 valence electrons. The Labute approximate surface area is 125 Å². The van der Waals surface area contributed by atoms with E-state index in [0.29, 0.717) is 5.92 Å². The summed E-state index contributed by atoms with van der Waals surface area (Å²) >= 11 is 0. The number of anilines is 1. The lowest BCUT2D eigenvalue weighted by molar-refractivity contribution is 0.777. The lowest BCUT2D eigenvalue weighted by Crippen LogP contribution is -2.03. The van der Waals surface area contributed by atoms with Crippen LogP contribution in [-0.2, 0) is 0 Å². The Balaban J connectivity index is 2.14. The van der Waals surface area contributed by atoms with Crippen molar-refractivity contribution in [1.29, 1.82) is 0 Å². The normalized spacial score (nSPS) is 11.0. The highest BCUT2D eigenvalue weighted by atomic mass is 15.0. The molecule has 0 spiro atoms. The number of fused-ring (bicyclic) bond motifs is 1. The van der Waals surface area contributed by atoms with Crippen molar-refractivity contribution in [3.63, 3.8) is 0 Å². The van der Waals surface area contributed by atoms with E-state index < -0.39 is 0 Å². The molecule has 1 N–H and O–H groups in total. The number of hydrogen-bond donors (Lipinski definition) is 1. The Morgan fingerprint density at radius 3 is 2.38 bits per heavy atom. The van der Waals surface area contributed by atoms with Crippen LogP contribution < -0.4 is 5.32 Å². The molecule has 0 amide bonds. The fraction of sp³-hybridized carbons (Fsp3) is 0.222. The zero-order chi connectivity index (χ0) is 14.8. The van der Waals surface area contributed by atoms with E-state index in [9.17, 15) is 0 Å². The Kier molecular flexibility index (Phi) is 3.57. The van der Waals surface area contributed by atoms with E-state index in [0.717, 1.165) is 22.9 Å². The maximum atomic E-state index is 4.71. The van der Waals surface area contributed by atoms with Crippen LogP contribution in [0.5, 0.6) is 0 Å². The lowest BCUT2D eigenvalue weighted by Gasteiger charge is -2.10. The number of nitrogens with zero attached hydrogens (tertiary/aromatic N) is 2. The van der Waals surface area contributed by atoms with Gasteiger partial charge in [-0.15, -0.1) is 0 Å². The van der Waals surface area contributed by atoms with Gasteiger partial charge in [-0.1, -0.05) is 50.2 Å². The van der Waals surface area contributed by atoms with Crippen molar-refractivity contribution < 1.29 is 0 Å². The maximum Gasteiger partial charge on any atom is 0.133 e. The first-order valence-corrected chi connectivity index (χ1v) is 7.23. The number of aromatic nitrogens is 2. The van der Waals surface area contributed by atoms with Gasteiger partial charge in [0.2, 0.25) is 0 Å². The van der Waals surface area contributed by atoms with Crippen molar-refractivity contribution in [2.75, 3.05) is 12.4 Å². The Hall–Kier alpha value is -2.42. The molecule has 0 radical (unpaired) electrons. The molecule has 0 aliphatic rings. The highest BCUT2D eigenvalue weighted by Gasteiger charge is 2.09. The van der Waals surface area contributed by atoms with Crippen molar-refractivity contribution >= 4 is 16.6 Å². The number of nitrogens with one attached hydrogen (secondary N) is 1. The summed E-state index contributed by atoms with van der Waals surface area (Å²) < 4.78 is 0. The monoisotopic (exact) mass is 277 g/mol. The summed E-state index contributed by atoms with van der Waals surface area (Å²) in [7, 11) is 1.89. The summed E-state index contributed by atoms with van der Waals surface area (Å²) in [6.07, 6.45) is 0. The summed E-state index contributed by atoms with van der Waals surface area (Å²) in [6, 6.07) is 16.8. The zero-order valence-corrected chi connectivity index (χ0v) is 12.6. The minimum Gasteiger partial charge on any atom is -0.373 e. The molecule has 3 aromatic rings. The summed E-state index contributed by atoms with van der Waals surface area (Å²) in [4.78, 5) is 9.22. The van der Waals surface area contributed by atoms with Crippen LogP contribution in [-0.4, -0.2) is 17.0 Å². The summed E-state index contributed by atoms with van der Waals surface area (Å²) in [6.45, 7) is 4.22. The molecule has 1 aromatic heterocycles.